The monoisotopic (exact) mass is 561 g/mol. The van der Waals surface area contributed by atoms with Gasteiger partial charge in [-0.2, -0.15) is 9.78 Å². The van der Waals surface area contributed by atoms with Gasteiger partial charge in [-0.05, 0) is 64.8 Å². The normalized spacial score (nSPS) is 12.3. The number of hydrogen-bond acceptors (Lipinski definition) is 7. The Hall–Kier alpha value is -4.44. The Morgan fingerprint density at radius 1 is 1.16 bits per heavy atom. The number of aromatic nitrogens is 2. The van der Waals surface area contributed by atoms with Crippen LogP contribution < -0.4 is 15.0 Å². The van der Waals surface area contributed by atoms with Crippen LogP contribution in [0.3, 0.4) is 0 Å². The minimum absolute atomic E-state index is 0.238. The van der Waals surface area contributed by atoms with Gasteiger partial charge >= 0.3 is 5.97 Å². The van der Waals surface area contributed by atoms with E-state index < -0.39 is 12.1 Å². The number of nitrogens with zero attached hydrogens (tertiary/aromatic N) is 3. The second-order valence-electron chi connectivity index (χ2n) is 8.09. The fourth-order valence-electron chi connectivity index (χ4n) is 3.76. The maximum Gasteiger partial charge on any atom is 0.344 e. The number of methoxy groups -OCH3 is 1. The Bertz CT molecular complexity index is 1710. The zero-order valence-corrected chi connectivity index (χ0v) is 21.3. The number of carbonyl (C=O) groups is 1. The van der Waals surface area contributed by atoms with Crippen LogP contribution in [0.1, 0.15) is 12.5 Å². The number of furan rings is 1. The molecule has 0 radical (unpaired) electrons. The SMILES string of the molecule is COc1cc(C=Nn2c(-c3cc4ccccc4o3)nc3ccccc3c2=O)cc(Br)c1O[C@@H](C)C(=O)O. The fraction of sp³-hybridized carbons (Fsp3) is 0.111. The van der Waals surface area contributed by atoms with Crippen molar-refractivity contribution in [3.63, 3.8) is 0 Å². The van der Waals surface area contributed by atoms with Crippen LogP contribution in [0.2, 0.25) is 0 Å². The number of aliphatic carboxylic acids is 1. The zero-order chi connectivity index (χ0) is 26.1. The van der Waals surface area contributed by atoms with Crippen LogP contribution >= 0.6 is 15.9 Å². The number of carboxylic acids is 1. The molecule has 10 heteroatoms. The van der Waals surface area contributed by atoms with Gasteiger partial charge in [0.05, 0.1) is 28.7 Å². The molecule has 1 N–H and O–H groups in total. The van der Waals surface area contributed by atoms with Crippen molar-refractivity contribution in [2.45, 2.75) is 13.0 Å². The summed E-state index contributed by atoms with van der Waals surface area (Å²) in [4.78, 5) is 29.3. The van der Waals surface area contributed by atoms with E-state index in [0.29, 0.717) is 38.0 Å². The summed E-state index contributed by atoms with van der Waals surface area (Å²) in [5.74, 6) is 0.0668. The highest BCUT2D eigenvalue weighted by Gasteiger charge is 2.19. The molecule has 37 heavy (non-hydrogen) atoms. The van der Waals surface area contributed by atoms with Crippen molar-refractivity contribution in [3.8, 4) is 23.1 Å². The van der Waals surface area contributed by atoms with E-state index in [4.69, 9.17) is 13.9 Å². The molecule has 3 aromatic carbocycles. The molecular weight excluding hydrogens is 542 g/mol. The molecular formula is C27H20BrN3O6. The van der Waals surface area contributed by atoms with E-state index in [0.717, 1.165) is 5.39 Å². The van der Waals surface area contributed by atoms with E-state index in [9.17, 15) is 14.7 Å². The Kier molecular flexibility index (Phi) is 6.49. The number of rotatable bonds is 7. The van der Waals surface area contributed by atoms with Crippen LogP contribution in [-0.4, -0.2) is 40.2 Å². The van der Waals surface area contributed by atoms with Gasteiger partial charge in [-0.1, -0.05) is 30.3 Å². The summed E-state index contributed by atoms with van der Waals surface area (Å²) in [7, 11) is 1.44. The second kappa shape index (κ2) is 9.90. The van der Waals surface area contributed by atoms with E-state index in [1.807, 2.05) is 36.4 Å². The number of hydrogen-bond donors (Lipinski definition) is 1. The topological polar surface area (TPSA) is 116 Å². The van der Waals surface area contributed by atoms with E-state index in [2.05, 4.69) is 26.0 Å². The van der Waals surface area contributed by atoms with Gasteiger partial charge < -0.3 is 19.0 Å². The molecule has 9 nitrogen and oxygen atoms in total. The number of halogens is 1. The van der Waals surface area contributed by atoms with Gasteiger partial charge in [0.1, 0.15) is 5.58 Å². The first-order chi connectivity index (χ1) is 17.9. The summed E-state index contributed by atoms with van der Waals surface area (Å²) < 4.78 is 18.6. The molecule has 0 fully saturated rings. The smallest absolute Gasteiger partial charge is 0.344 e. The first-order valence-electron chi connectivity index (χ1n) is 11.2. The van der Waals surface area contributed by atoms with Crippen LogP contribution in [0.15, 0.2) is 85.5 Å². The number of carboxylic acid groups (broad SMARTS) is 1. The predicted molar refractivity (Wildman–Crippen MR) is 143 cm³/mol. The van der Waals surface area contributed by atoms with Gasteiger partial charge in [0.25, 0.3) is 5.56 Å². The van der Waals surface area contributed by atoms with Crippen molar-refractivity contribution in [1.29, 1.82) is 0 Å². The maximum absolute atomic E-state index is 13.4. The minimum Gasteiger partial charge on any atom is -0.493 e. The lowest BCUT2D eigenvalue weighted by Crippen LogP contribution is -2.23. The highest BCUT2D eigenvalue weighted by Crippen LogP contribution is 2.37. The van der Waals surface area contributed by atoms with Gasteiger partial charge in [0.15, 0.2) is 23.4 Å². The molecule has 0 amide bonds. The van der Waals surface area contributed by atoms with Crippen molar-refractivity contribution >= 4 is 50.0 Å². The number of benzene rings is 3. The van der Waals surface area contributed by atoms with Crippen LogP contribution in [0.25, 0.3) is 33.5 Å². The van der Waals surface area contributed by atoms with Gasteiger partial charge in [-0.3, -0.25) is 4.79 Å². The molecule has 0 aliphatic heterocycles. The average Bonchev–Trinajstić information content (AvgIpc) is 3.33. The zero-order valence-electron chi connectivity index (χ0n) is 19.7. The highest BCUT2D eigenvalue weighted by atomic mass is 79.9. The number of fused-ring (bicyclic) bond motifs is 2. The molecule has 0 aliphatic carbocycles. The summed E-state index contributed by atoms with van der Waals surface area (Å²) >= 11 is 3.40. The molecule has 0 unspecified atom stereocenters. The minimum atomic E-state index is -1.11. The van der Waals surface area contributed by atoms with E-state index >= 15 is 0 Å². The molecule has 2 aromatic heterocycles. The lowest BCUT2D eigenvalue weighted by Gasteiger charge is -2.16. The Morgan fingerprint density at radius 2 is 1.92 bits per heavy atom. The third-order valence-electron chi connectivity index (χ3n) is 5.62. The molecule has 1 atom stereocenters. The molecule has 5 rings (SSSR count). The van der Waals surface area contributed by atoms with Crippen molar-refractivity contribution in [1.82, 2.24) is 9.66 Å². The van der Waals surface area contributed by atoms with Gasteiger partial charge in [0.2, 0.25) is 5.82 Å². The van der Waals surface area contributed by atoms with Gasteiger partial charge in [-0.15, -0.1) is 0 Å². The first kappa shape index (κ1) is 24.3. The third kappa shape index (κ3) is 4.70. The lowest BCUT2D eigenvalue weighted by molar-refractivity contribution is -0.144. The predicted octanol–water partition coefficient (Wildman–Crippen LogP) is 5.31. The molecule has 186 valence electrons. The Morgan fingerprint density at radius 3 is 2.68 bits per heavy atom. The summed E-state index contributed by atoms with van der Waals surface area (Å²) in [5.41, 5.74) is 1.39. The molecule has 0 aliphatic rings. The standard InChI is InChI=1S/C27H20BrN3O6/c1-15(27(33)34)36-24-19(28)11-16(12-22(24)35-2)14-29-31-25(23-13-17-7-3-6-10-21(17)37-23)30-20-9-5-4-8-18(20)26(31)32/h3-15H,1-2H3,(H,33,34)/t15-/m0/s1. The average molecular weight is 562 g/mol. The van der Waals surface area contributed by atoms with Crippen molar-refractivity contribution in [3.05, 3.63) is 87.1 Å². The maximum atomic E-state index is 13.4. The van der Waals surface area contributed by atoms with Crippen LogP contribution in [0, 0.1) is 0 Å². The van der Waals surface area contributed by atoms with Gasteiger partial charge in [-0.25, -0.2) is 9.78 Å². The quantitative estimate of drug-likeness (QED) is 0.267. The van der Waals surface area contributed by atoms with Crippen molar-refractivity contribution < 1.29 is 23.8 Å². The Balaban J connectivity index is 1.62. The second-order valence-corrected chi connectivity index (χ2v) is 8.95. The van der Waals surface area contributed by atoms with Crippen LogP contribution in [0.4, 0.5) is 0 Å². The van der Waals surface area contributed by atoms with Gasteiger partial charge in [0, 0.05) is 5.39 Å². The van der Waals surface area contributed by atoms with E-state index in [-0.39, 0.29) is 17.1 Å². The molecule has 0 saturated carbocycles. The third-order valence-corrected chi connectivity index (χ3v) is 6.21. The summed E-state index contributed by atoms with van der Waals surface area (Å²) in [5, 5.41) is 14.9. The molecule has 0 bridgehead atoms. The molecule has 2 heterocycles. The van der Waals surface area contributed by atoms with Crippen molar-refractivity contribution in [2.24, 2.45) is 5.10 Å². The number of ether oxygens (including phenoxy) is 2. The van der Waals surface area contributed by atoms with Crippen LogP contribution in [-0.2, 0) is 4.79 Å². The molecule has 0 saturated heterocycles. The number of para-hydroxylation sites is 2. The summed E-state index contributed by atoms with van der Waals surface area (Å²) in [6, 6.07) is 19.6. The molecule has 0 spiro atoms. The van der Waals surface area contributed by atoms with E-state index in [1.165, 1.54) is 24.9 Å². The summed E-state index contributed by atoms with van der Waals surface area (Å²) in [6.07, 6.45) is 0.389. The molecule has 5 aromatic rings. The highest BCUT2D eigenvalue weighted by molar-refractivity contribution is 9.10. The van der Waals surface area contributed by atoms with Crippen LogP contribution in [0.5, 0.6) is 11.5 Å². The largest absolute Gasteiger partial charge is 0.493 e. The lowest BCUT2D eigenvalue weighted by atomic mass is 10.2. The fourth-order valence-corrected chi connectivity index (χ4v) is 4.32. The first-order valence-corrected chi connectivity index (χ1v) is 12.0. The van der Waals surface area contributed by atoms with Crippen molar-refractivity contribution in [2.75, 3.05) is 7.11 Å². The summed E-state index contributed by atoms with van der Waals surface area (Å²) in [6.45, 7) is 1.42. The van der Waals surface area contributed by atoms with E-state index in [1.54, 1.807) is 30.3 Å². The Labute approximate surface area is 218 Å².